The summed E-state index contributed by atoms with van der Waals surface area (Å²) in [4.78, 5) is 25.6. The largest absolute Gasteiger partial charge is 0.355 e. The smallest absolute Gasteiger partial charge is 0.254 e. The molecule has 0 saturated carbocycles. The van der Waals surface area contributed by atoms with Crippen molar-refractivity contribution in [2.75, 3.05) is 19.6 Å². The molecule has 5 nitrogen and oxygen atoms in total. The zero-order valence-electron chi connectivity index (χ0n) is 12.4. The molecule has 0 spiro atoms. The van der Waals surface area contributed by atoms with Gasteiger partial charge in [0.2, 0.25) is 5.91 Å². The number of nitrogens with one attached hydrogen (secondary N) is 2. The van der Waals surface area contributed by atoms with E-state index in [4.69, 9.17) is 0 Å². The number of likely N-dealkylation sites (N-methyl/N-ethyl adjacent to an activating group) is 2. The van der Waals surface area contributed by atoms with E-state index in [1.54, 1.807) is 4.90 Å². The lowest BCUT2D eigenvalue weighted by molar-refractivity contribution is -0.121. The number of hydrogen-bond acceptors (Lipinski definition) is 3. The SMILES string of the molecule is CCNC(=O)CN(CC)C(=O)c1ccc2c(c1)CNC2.Cl. The summed E-state index contributed by atoms with van der Waals surface area (Å²) in [5.74, 6) is -0.209. The summed E-state index contributed by atoms with van der Waals surface area (Å²) in [6, 6.07) is 5.76. The summed E-state index contributed by atoms with van der Waals surface area (Å²) in [5, 5.41) is 5.97. The zero-order chi connectivity index (χ0) is 14.5. The molecule has 2 rings (SSSR count). The molecule has 0 atom stereocenters. The lowest BCUT2D eigenvalue weighted by Gasteiger charge is -2.20. The van der Waals surface area contributed by atoms with E-state index in [0.29, 0.717) is 18.7 Å². The molecular formula is C15H22ClN3O2. The van der Waals surface area contributed by atoms with Crippen molar-refractivity contribution in [1.29, 1.82) is 0 Å². The van der Waals surface area contributed by atoms with Crippen LogP contribution in [-0.2, 0) is 17.9 Å². The standard InChI is InChI=1S/C15H21N3O2.ClH/c1-3-17-14(19)10-18(4-2)15(20)11-5-6-12-8-16-9-13(12)7-11;/h5-7,16H,3-4,8-10H2,1-2H3,(H,17,19);1H. The number of halogens is 1. The van der Waals surface area contributed by atoms with E-state index in [2.05, 4.69) is 10.6 Å². The molecule has 0 radical (unpaired) electrons. The van der Waals surface area contributed by atoms with Gasteiger partial charge in [-0.1, -0.05) is 6.07 Å². The van der Waals surface area contributed by atoms with Gasteiger partial charge in [-0.25, -0.2) is 0 Å². The van der Waals surface area contributed by atoms with Gasteiger partial charge in [-0.05, 0) is 37.1 Å². The normalized spacial score (nSPS) is 12.3. The van der Waals surface area contributed by atoms with Crippen molar-refractivity contribution in [3.05, 3.63) is 34.9 Å². The van der Waals surface area contributed by atoms with Gasteiger partial charge in [0.1, 0.15) is 0 Å². The molecule has 1 aliphatic rings. The molecule has 0 bridgehead atoms. The van der Waals surface area contributed by atoms with Crippen molar-refractivity contribution in [3.8, 4) is 0 Å². The maximum atomic E-state index is 12.4. The lowest BCUT2D eigenvalue weighted by atomic mass is 10.1. The second-order valence-corrected chi connectivity index (χ2v) is 4.86. The number of benzene rings is 1. The summed E-state index contributed by atoms with van der Waals surface area (Å²) in [7, 11) is 0. The number of fused-ring (bicyclic) bond motifs is 1. The van der Waals surface area contributed by atoms with Gasteiger partial charge in [-0.15, -0.1) is 12.4 Å². The van der Waals surface area contributed by atoms with Gasteiger partial charge in [-0.3, -0.25) is 9.59 Å². The Hall–Kier alpha value is -1.59. The molecule has 116 valence electrons. The Morgan fingerprint density at radius 3 is 2.62 bits per heavy atom. The number of carbonyl (C=O) groups is 2. The van der Waals surface area contributed by atoms with Crippen LogP contribution in [0.4, 0.5) is 0 Å². The first-order valence-electron chi connectivity index (χ1n) is 7.04. The zero-order valence-corrected chi connectivity index (χ0v) is 13.3. The van der Waals surface area contributed by atoms with Crippen LogP contribution < -0.4 is 10.6 Å². The van der Waals surface area contributed by atoms with E-state index in [1.807, 2.05) is 32.0 Å². The van der Waals surface area contributed by atoms with Crippen LogP contribution in [0.25, 0.3) is 0 Å². The Morgan fingerprint density at radius 1 is 1.24 bits per heavy atom. The third-order valence-corrected chi connectivity index (χ3v) is 3.46. The van der Waals surface area contributed by atoms with Crippen LogP contribution in [0, 0.1) is 0 Å². The number of carbonyl (C=O) groups excluding carboxylic acids is 2. The average molecular weight is 312 g/mol. The van der Waals surface area contributed by atoms with Gasteiger partial charge in [-0.2, -0.15) is 0 Å². The highest BCUT2D eigenvalue weighted by atomic mass is 35.5. The minimum absolute atomic E-state index is 0. The first-order valence-corrected chi connectivity index (χ1v) is 7.04. The number of rotatable bonds is 5. The van der Waals surface area contributed by atoms with Crippen LogP contribution in [0.2, 0.25) is 0 Å². The molecule has 0 saturated heterocycles. The molecule has 6 heteroatoms. The van der Waals surface area contributed by atoms with Crippen LogP contribution in [0.3, 0.4) is 0 Å². The van der Waals surface area contributed by atoms with Gasteiger partial charge in [0.25, 0.3) is 5.91 Å². The molecule has 1 aliphatic heterocycles. The van der Waals surface area contributed by atoms with Crippen LogP contribution in [0.1, 0.15) is 35.3 Å². The topological polar surface area (TPSA) is 61.4 Å². The highest BCUT2D eigenvalue weighted by Crippen LogP contribution is 2.18. The first kappa shape index (κ1) is 17.5. The van der Waals surface area contributed by atoms with Crippen LogP contribution in [0.5, 0.6) is 0 Å². The Labute approximate surface area is 131 Å². The minimum Gasteiger partial charge on any atom is -0.355 e. The lowest BCUT2D eigenvalue weighted by Crippen LogP contribution is -2.40. The fourth-order valence-electron chi connectivity index (χ4n) is 2.36. The van der Waals surface area contributed by atoms with E-state index in [1.165, 1.54) is 11.1 Å². The molecule has 0 aromatic heterocycles. The highest BCUT2D eigenvalue weighted by molar-refractivity contribution is 5.96. The Morgan fingerprint density at radius 2 is 1.95 bits per heavy atom. The first-order chi connectivity index (χ1) is 9.65. The molecule has 2 amide bonds. The minimum atomic E-state index is -0.120. The highest BCUT2D eigenvalue weighted by Gasteiger charge is 2.19. The van der Waals surface area contributed by atoms with Crippen molar-refractivity contribution < 1.29 is 9.59 Å². The number of amides is 2. The van der Waals surface area contributed by atoms with Crippen molar-refractivity contribution in [2.45, 2.75) is 26.9 Å². The summed E-state index contributed by atoms with van der Waals surface area (Å²) in [6.07, 6.45) is 0. The van der Waals surface area contributed by atoms with Gasteiger partial charge in [0.05, 0.1) is 6.54 Å². The molecular weight excluding hydrogens is 290 g/mol. The predicted octanol–water partition coefficient (Wildman–Crippen LogP) is 1.31. The average Bonchev–Trinajstić information content (AvgIpc) is 2.91. The fraction of sp³-hybridized carbons (Fsp3) is 0.467. The molecule has 0 aliphatic carbocycles. The number of nitrogens with zero attached hydrogens (tertiary/aromatic N) is 1. The molecule has 0 fully saturated rings. The van der Waals surface area contributed by atoms with Gasteiger partial charge < -0.3 is 15.5 Å². The second-order valence-electron chi connectivity index (χ2n) is 4.86. The summed E-state index contributed by atoms with van der Waals surface area (Å²) in [6.45, 7) is 6.62. The van der Waals surface area contributed by atoms with Crippen molar-refractivity contribution in [3.63, 3.8) is 0 Å². The monoisotopic (exact) mass is 311 g/mol. The van der Waals surface area contributed by atoms with Crippen molar-refractivity contribution >= 4 is 24.2 Å². The van der Waals surface area contributed by atoms with E-state index in [-0.39, 0.29) is 30.8 Å². The molecule has 1 aromatic carbocycles. The summed E-state index contributed by atoms with van der Waals surface area (Å²) >= 11 is 0. The van der Waals surface area contributed by atoms with Gasteiger partial charge in [0.15, 0.2) is 0 Å². The summed E-state index contributed by atoms with van der Waals surface area (Å²) < 4.78 is 0. The second kappa shape index (κ2) is 8.00. The summed E-state index contributed by atoms with van der Waals surface area (Å²) in [5.41, 5.74) is 3.07. The Kier molecular flexibility index (Phi) is 6.65. The molecule has 1 aromatic rings. The number of hydrogen-bond donors (Lipinski definition) is 2. The third-order valence-electron chi connectivity index (χ3n) is 3.46. The van der Waals surface area contributed by atoms with E-state index >= 15 is 0 Å². The van der Waals surface area contributed by atoms with Crippen molar-refractivity contribution in [1.82, 2.24) is 15.5 Å². The maximum Gasteiger partial charge on any atom is 0.254 e. The van der Waals surface area contributed by atoms with Crippen molar-refractivity contribution in [2.24, 2.45) is 0 Å². The maximum absolute atomic E-state index is 12.4. The van der Waals surface area contributed by atoms with Gasteiger partial charge >= 0.3 is 0 Å². The van der Waals surface area contributed by atoms with Crippen LogP contribution in [0.15, 0.2) is 18.2 Å². The molecule has 1 heterocycles. The van der Waals surface area contributed by atoms with Crippen LogP contribution in [-0.4, -0.2) is 36.3 Å². The fourth-order valence-corrected chi connectivity index (χ4v) is 2.36. The van der Waals surface area contributed by atoms with Gasteiger partial charge in [0, 0.05) is 31.7 Å². The Balaban J connectivity index is 0.00000220. The predicted molar refractivity (Wildman–Crippen MR) is 84.5 cm³/mol. The van der Waals surface area contributed by atoms with E-state index in [0.717, 1.165) is 13.1 Å². The molecule has 2 N–H and O–H groups in total. The molecule has 21 heavy (non-hydrogen) atoms. The quantitative estimate of drug-likeness (QED) is 0.862. The van der Waals surface area contributed by atoms with E-state index < -0.39 is 0 Å². The van der Waals surface area contributed by atoms with E-state index in [9.17, 15) is 9.59 Å². The Bertz CT molecular complexity index is 520. The van der Waals surface area contributed by atoms with Crippen LogP contribution >= 0.6 is 12.4 Å². The molecule has 0 unspecified atom stereocenters. The third kappa shape index (κ3) is 4.19.